The molecule has 6 heteroatoms. The van der Waals surface area contributed by atoms with Gasteiger partial charge in [-0.1, -0.05) is 37.3 Å². The minimum absolute atomic E-state index is 0.0593. The zero-order valence-corrected chi connectivity index (χ0v) is 16.8. The summed E-state index contributed by atoms with van der Waals surface area (Å²) in [5.74, 6) is -0.410. The molecule has 148 valence electrons. The van der Waals surface area contributed by atoms with Crippen molar-refractivity contribution in [3.05, 3.63) is 59.7 Å². The Kier molecular flexibility index (Phi) is 7.46. The number of carbonyl (C=O) groups is 3. The predicted molar refractivity (Wildman–Crippen MR) is 111 cm³/mol. The van der Waals surface area contributed by atoms with Crippen LogP contribution in [0.4, 0.5) is 11.4 Å². The molecule has 2 rings (SSSR count). The molecular weight excluding hydrogens is 354 g/mol. The lowest BCUT2D eigenvalue weighted by Crippen LogP contribution is -3.14. The number of ketones is 1. The monoisotopic (exact) mass is 382 g/mol. The minimum atomic E-state index is -0.437. The number of para-hydroxylation sites is 1. The first-order chi connectivity index (χ1) is 13.3. The Morgan fingerprint density at radius 1 is 1.04 bits per heavy atom. The Balaban J connectivity index is 1.94. The lowest BCUT2D eigenvalue weighted by molar-refractivity contribution is -0.885. The van der Waals surface area contributed by atoms with Crippen LogP contribution in [0, 0.1) is 0 Å². The third-order valence-corrected chi connectivity index (χ3v) is 4.78. The fourth-order valence-corrected chi connectivity index (χ4v) is 2.84. The van der Waals surface area contributed by atoms with Gasteiger partial charge in [-0.05, 0) is 44.0 Å². The largest absolute Gasteiger partial charge is 0.321 e. The molecule has 1 unspecified atom stereocenters. The first-order valence-corrected chi connectivity index (χ1v) is 9.43. The molecule has 2 amide bonds. The second kappa shape index (κ2) is 9.80. The van der Waals surface area contributed by atoms with E-state index in [9.17, 15) is 14.4 Å². The van der Waals surface area contributed by atoms with E-state index in [4.69, 9.17) is 0 Å². The van der Waals surface area contributed by atoms with Crippen LogP contribution in [0.1, 0.15) is 36.7 Å². The van der Waals surface area contributed by atoms with Crippen LogP contribution in [0.5, 0.6) is 0 Å². The van der Waals surface area contributed by atoms with Crippen LogP contribution in [-0.4, -0.2) is 37.2 Å². The zero-order valence-electron chi connectivity index (χ0n) is 16.8. The van der Waals surface area contributed by atoms with E-state index in [1.54, 1.807) is 31.2 Å². The molecule has 3 N–H and O–H groups in total. The molecule has 2 aromatic rings. The van der Waals surface area contributed by atoms with Crippen molar-refractivity contribution in [1.29, 1.82) is 0 Å². The molecule has 6 nitrogen and oxygen atoms in total. The summed E-state index contributed by atoms with van der Waals surface area (Å²) in [6.45, 7) is 5.46. The Morgan fingerprint density at radius 2 is 1.75 bits per heavy atom. The lowest BCUT2D eigenvalue weighted by atomic mass is 10.1. The number of rotatable bonds is 8. The normalized spacial score (nSPS) is 12.7. The van der Waals surface area contributed by atoms with Gasteiger partial charge in [0.1, 0.15) is 0 Å². The maximum atomic E-state index is 12.5. The SMILES string of the molecule is CCc1ccccc1NC(=O)C[NH+](C)[C@H](C)C(=O)Nc1cccc(C(C)=O)c1. The topological polar surface area (TPSA) is 79.7 Å². The van der Waals surface area contributed by atoms with Crippen molar-refractivity contribution in [1.82, 2.24) is 0 Å². The highest BCUT2D eigenvalue weighted by atomic mass is 16.2. The summed E-state index contributed by atoms with van der Waals surface area (Å²) in [6.07, 6.45) is 0.831. The van der Waals surface area contributed by atoms with Gasteiger partial charge in [0, 0.05) is 16.9 Å². The molecule has 0 radical (unpaired) electrons. The standard InChI is InChI=1S/C22H27N3O3/c1-5-17-9-6-7-12-20(17)24-21(27)14-25(4)15(2)22(28)23-19-11-8-10-18(13-19)16(3)26/h6-13,15H,5,14H2,1-4H3,(H,23,28)(H,24,27)/p+1/t15-/m1/s1. The Labute approximate surface area is 165 Å². The van der Waals surface area contributed by atoms with Crippen molar-refractivity contribution in [2.24, 2.45) is 0 Å². The van der Waals surface area contributed by atoms with Crippen LogP contribution in [0.25, 0.3) is 0 Å². The second-order valence-corrected chi connectivity index (χ2v) is 6.93. The van der Waals surface area contributed by atoms with Gasteiger partial charge >= 0.3 is 0 Å². The molecule has 0 aliphatic carbocycles. The summed E-state index contributed by atoms with van der Waals surface area (Å²) in [5.41, 5.74) is 2.99. The number of aryl methyl sites for hydroxylation is 1. The van der Waals surface area contributed by atoms with E-state index >= 15 is 0 Å². The van der Waals surface area contributed by atoms with Crippen LogP contribution in [0.3, 0.4) is 0 Å². The number of Topliss-reactive ketones (excluding diaryl/α,β-unsaturated/α-hetero) is 1. The molecule has 0 aliphatic rings. The van der Waals surface area contributed by atoms with E-state index in [1.165, 1.54) is 6.92 Å². The van der Waals surface area contributed by atoms with Crippen molar-refractivity contribution in [3.63, 3.8) is 0 Å². The van der Waals surface area contributed by atoms with Gasteiger partial charge in [-0.2, -0.15) is 0 Å². The van der Waals surface area contributed by atoms with Gasteiger partial charge in [0.25, 0.3) is 11.8 Å². The van der Waals surface area contributed by atoms with Gasteiger partial charge in [0.15, 0.2) is 18.4 Å². The average molecular weight is 382 g/mol. The zero-order chi connectivity index (χ0) is 20.7. The molecule has 2 aromatic carbocycles. The smallest absolute Gasteiger partial charge is 0.282 e. The van der Waals surface area contributed by atoms with E-state index in [1.807, 2.05) is 38.2 Å². The highest BCUT2D eigenvalue weighted by Crippen LogP contribution is 2.15. The summed E-state index contributed by atoms with van der Waals surface area (Å²) < 4.78 is 0. The summed E-state index contributed by atoms with van der Waals surface area (Å²) in [4.78, 5) is 37.2. The number of anilines is 2. The second-order valence-electron chi connectivity index (χ2n) is 6.93. The molecule has 0 aliphatic heterocycles. The molecule has 0 spiro atoms. The Hall–Kier alpha value is -2.99. The molecule has 28 heavy (non-hydrogen) atoms. The van der Waals surface area contributed by atoms with E-state index < -0.39 is 6.04 Å². The van der Waals surface area contributed by atoms with E-state index in [-0.39, 0.29) is 24.1 Å². The summed E-state index contributed by atoms with van der Waals surface area (Å²) in [7, 11) is 1.81. The van der Waals surface area contributed by atoms with E-state index in [2.05, 4.69) is 10.6 Å². The van der Waals surface area contributed by atoms with Crippen LogP contribution in [-0.2, 0) is 16.0 Å². The van der Waals surface area contributed by atoms with Gasteiger partial charge in [-0.25, -0.2) is 0 Å². The number of quaternary nitrogens is 1. The first kappa shape index (κ1) is 21.3. The number of hydrogen-bond acceptors (Lipinski definition) is 3. The molecule has 0 fully saturated rings. The van der Waals surface area contributed by atoms with Crippen molar-refractivity contribution in [2.45, 2.75) is 33.2 Å². The molecule has 0 aromatic heterocycles. The molecule has 0 saturated heterocycles. The maximum Gasteiger partial charge on any atom is 0.282 e. The van der Waals surface area contributed by atoms with Gasteiger partial charge in [0.2, 0.25) is 0 Å². The van der Waals surface area contributed by atoms with Crippen LogP contribution >= 0.6 is 0 Å². The quantitative estimate of drug-likeness (QED) is 0.611. The van der Waals surface area contributed by atoms with Crippen molar-refractivity contribution < 1.29 is 19.3 Å². The van der Waals surface area contributed by atoms with Crippen LogP contribution in [0.15, 0.2) is 48.5 Å². The summed E-state index contributed by atoms with van der Waals surface area (Å²) >= 11 is 0. The highest BCUT2D eigenvalue weighted by molar-refractivity contribution is 5.98. The third kappa shape index (κ3) is 5.76. The minimum Gasteiger partial charge on any atom is -0.321 e. The molecular formula is C22H28N3O3+. The summed E-state index contributed by atoms with van der Waals surface area (Å²) in [6, 6.07) is 14.1. The Morgan fingerprint density at radius 3 is 2.43 bits per heavy atom. The van der Waals surface area contributed by atoms with Gasteiger partial charge in [-0.3, -0.25) is 14.4 Å². The van der Waals surface area contributed by atoms with Crippen LogP contribution in [0.2, 0.25) is 0 Å². The van der Waals surface area contributed by atoms with Crippen molar-refractivity contribution in [3.8, 4) is 0 Å². The first-order valence-electron chi connectivity index (χ1n) is 9.43. The number of carbonyl (C=O) groups excluding carboxylic acids is 3. The fourth-order valence-electron chi connectivity index (χ4n) is 2.84. The summed E-state index contributed by atoms with van der Waals surface area (Å²) in [5, 5.41) is 5.74. The van der Waals surface area contributed by atoms with Gasteiger partial charge in [-0.15, -0.1) is 0 Å². The number of amides is 2. The third-order valence-electron chi connectivity index (χ3n) is 4.78. The van der Waals surface area contributed by atoms with Crippen molar-refractivity contribution in [2.75, 3.05) is 24.2 Å². The molecule has 0 bridgehead atoms. The molecule has 2 atom stereocenters. The molecule has 0 heterocycles. The van der Waals surface area contributed by atoms with E-state index in [0.29, 0.717) is 11.3 Å². The van der Waals surface area contributed by atoms with Gasteiger partial charge in [0.05, 0.1) is 7.05 Å². The average Bonchev–Trinajstić information content (AvgIpc) is 2.67. The number of benzene rings is 2. The van der Waals surface area contributed by atoms with Gasteiger partial charge < -0.3 is 15.5 Å². The molecule has 0 saturated carbocycles. The highest BCUT2D eigenvalue weighted by Gasteiger charge is 2.24. The van der Waals surface area contributed by atoms with Crippen molar-refractivity contribution >= 4 is 29.0 Å². The maximum absolute atomic E-state index is 12.5. The predicted octanol–water partition coefficient (Wildman–Crippen LogP) is 1.93. The fraction of sp³-hybridized carbons (Fsp3) is 0.318. The Bertz CT molecular complexity index is 864. The van der Waals surface area contributed by atoms with Crippen LogP contribution < -0.4 is 15.5 Å². The number of likely N-dealkylation sites (N-methyl/N-ethyl adjacent to an activating group) is 1. The lowest BCUT2D eigenvalue weighted by Gasteiger charge is -2.21. The number of nitrogens with one attached hydrogen (secondary N) is 3. The van der Waals surface area contributed by atoms with E-state index in [0.717, 1.165) is 22.6 Å². The number of hydrogen-bond donors (Lipinski definition) is 3.